The fraction of sp³-hybridized carbons (Fsp3) is 0.130. The molecule has 0 saturated carbocycles. The highest BCUT2D eigenvalue weighted by atomic mass is 16.6. The molecule has 0 radical (unpaired) electrons. The zero-order chi connectivity index (χ0) is 21.5. The maximum absolute atomic E-state index is 12.3. The van der Waals surface area contributed by atoms with Gasteiger partial charge in [-0.25, -0.2) is 5.43 Å². The first-order valence-corrected chi connectivity index (χ1v) is 9.30. The van der Waals surface area contributed by atoms with Crippen molar-refractivity contribution in [1.82, 2.24) is 5.43 Å². The zero-order valence-corrected chi connectivity index (χ0v) is 16.7. The second-order valence-electron chi connectivity index (χ2n) is 6.74. The lowest BCUT2D eigenvalue weighted by Crippen LogP contribution is -2.19. The van der Waals surface area contributed by atoms with Gasteiger partial charge in [-0.2, -0.15) is 5.10 Å². The average molecular weight is 403 g/mol. The molecule has 152 valence electrons. The molecule has 30 heavy (non-hydrogen) atoms. The van der Waals surface area contributed by atoms with Crippen LogP contribution in [0, 0.1) is 17.0 Å². The van der Waals surface area contributed by atoms with Crippen molar-refractivity contribution in [2.75, 3.05) is 0 Å². The van der Waals surface area contributed by atoms with Crippen LogP contribution in [0.5, 0.6) is 5.75 Å². The Balaban J connectivity index is 1.56. The lowest BCUT2D eigenvalue weighted by Gasteiger charge is -2.07. The number of nitrogens with one attached hydrogen (secondary N) is 1. The molecule has 1 N–H and O–H groups in total. The third kappa shape index (κ3) is 5.51. The van der Waals surface area contributed by atoms with Gasteiger partial charge in [0.1, 0.15) is 12.4 Å². The summed E-state index contributed by atoms with van der Waals surface area (Å²) in [6.07, 6.45) is 0. The highest BCUT2D eigenvalue weighted by Crippen LogP contribution is 2.15. The first-order chi connectivity index (χ1) is 14.4. The van der Waals surface area contributed by atoms with Gasteiger partial charge < -0.3 is 4.74 Å². The minimum absolute atomic E-state index is 0.00188. The Morgan fingerprint density at radius 1 is 0.967 bits per heavy atom. The molecule has 0 aliphatic rings. The van der Waals surface area contributed by atoms with Gasteiger partial charge in [-0.05, 0) is 61.4 Å². The fourth-order valence-corrected chi connectivity index (χ4v) is 2.64. The van der Waals surface area contributed by atoms with Crippen molar-refractivity contribution >= 4 is 17.3 Å². The first-order valence-electron chi connectivity index (χ1n) is 9.30. The molecule has 0 bridgehead atoms. The summed E-state index contributed by atoms with van der Waals surface area (Å²) in [6.45, 7) is 4.14. The number of hydrogen-bond acceptors (Lipinski definition) is 5. The zero-order valence-electron chi connectivity index (χ0n) is 16.7. The summed E-state index contributed by atoms with van der Waals surface area (Å²) in [5.41, 5.74) is 6.31. The van der Waals surface area contributed by atoms with Crippen LogP contribution in [0.2, 0.25) is 0 Å². The summed E-state index contributed by atoms with van der Waals surface area (Å²) in [4.78, 5) is 22.6. The summed E-state index contributed by atoms with van der Waals surface area (Å²) in [5.74, 6) is 0.445. The van der Waals surface area contributed by atoms with E-state index in [-0.39, 0.29) is 11.6 Å². The normalized spacial score (nSPS) is 11.1. The second kappa shape index (κ2) is 9.47. The van der Waals surface area contributed by atoms with Gasteiger partial charge in [-0.15, -0.1) is 0 Å². The number of rotatable bonds is 7. The molecule has 0 aliphatic heterocycles. The SMILES string of the molecule is C/C(=N/NC(=O)c1ccc(COc2ccc(C)cc2)cc1)c1ccc([N+](=O)[O-])cc1. The summed E-state index contributed by atoms with van der Waals surface area (Å²) >= 11 is 0. The van der Waals surface area contributed by atoms with Gasteiger partial charge in [0, 0.05) is 17.7 Å². The first kappa shape index (κ1) is 20.7. The summed E-state index contributed by atoms with van der Waals surface area (Å²) in [5, 5.41) is 14.8. The van der Waals surface area contributed by atoms with Gasteiger partial charge >= 0.3 is 0 Å². The van der Waals surface area contributed by atoms with E-state index in [4.69, 9.17) is 4.74 Å². The maximum Gasteiger partial charge on any atom is 0.271 e. The molecule has 1 amide bonds. The number of nitrogens with zero attached hydrogens (tertiary/aromatic N) is 2. The maximum atomic E-state index is 12.3. The molecular formula is C23H21N3O4. The topological polar surface area (TPSA) is 93.8 Å². The van der Waals surface area contributed by atoms with Crippen LogP contribution in [-0.4, -0.2) is 16.5 Å². The predicted octanol–water partition coefficient (Wildman–Crippen LogP) is 4.64. The lowest BCUT2D eigenvalue weighted by molar-refractivity contribution is -0.384. The van der Waals surface area contributed by atoms with E-state index < -0.39 is 4.92 Å². The van der Waals surface area contributed by atoms with Crippen LogP contribution < -0.4 is 10.2 Å². The highest BCUT2D eigenvalue weighted by Gasteiger charge is 2.08. The highest BCUT2D eigenvalue weighted by molar-refractivity contribution is 6.01. The van der Waals surface area contributed by atoms with E-state index in [1.54, 1.807) is 31.2 Å². The Labute approximate surface area is 174 Å². The molecule has 0 saturated heterocycles. The van der Waals surface area contributed by atoms with Crippen LogP contribution in [0.4, 0.5) is 5.69 Å². The average Bonchev–Trinajstić information content (AvgIpc) is 2.77. The Kier molecular flexibility index (Phi) is 6.54. The summed E-state index contributed by atoms with van der Waals surface area (Å²) in [6, 6.07) is 20.9. The second-order valence-corrected chi connectivity index (χ2v) is 6.74. The number of nitro groups is 1. The summed E-state index contributed by atoms with van der Waals surface area (Å²) < 4.78 is 5.73. The van der Waals surface area contributed by atoms with Gasteiger partial charge in [0.15, 0.2) is 0 Å². The third-order valence-corrected chi connectivity index (χ3v) is 4.46. The van der Waals surface area contributed by atoms with E-state index >= 15 is 0 Å². The smallest absolute Gasteiger partial charge is 0.271 e. The number of amides is 1. The van der Waals surface area contributed by atoms with Crippen molar-refractivity contribution in [3.63, 3.8) is 0 Å². The van der Waals surface area contributed by atoms with Crippen molar-refractivity contribution in [2.24, 2.45) is 5.10 Å². The number of non-ortho nitro benzene ring substituents is 1. The molecule has 0 fully saturated rings. The van der Waals surface area contributed by atoms with E-state index in [0.717, 1.165) is 11.3 Å². The van der Waals surface area contributed by atoms with Crippen LogP contribution in [-0.2, 0) is 6.61 Å². The van der Waals surface area contributed by atoms with Gasteiger partial charge in [-0.3, -0.25) is 14.9 Å². The number of carbonyl (C=O) groups excluding carboxylic acids is 1. The molecule has 3 aromatic carbocycles. The van der Waals surface area contributed by atoms with Crippen LogP contribution in [0.25, 0.3) is 0 Å². The van der Waals surface area contributed by atoms with E-state index in [1.165, 1.54) is 17.7 Å². The standard InChI is InChI=1S/C23H21N3O4/c1-16-3-13-22(14-4-16)30-15-18-5-7-20(8-6-18)23(27)25-24-17(2)19-9-11-21(12-10-19)26(28)29/h3-14H,15H2,1-2H3,(H,25,27)/b24-17-. The lowest BCUT2D eigenvalue weighted by atomic mass is 10.1. The molecule has 0 aromatic heterocycles. The third-order valence-electron chi connectivity index (χ3n) is 4.46. The van der Waals surface area contributed by atoms with Gasteiger partial charge in [0.2, 0.25) is 0 Å². The molecule has 7 heteroatoms. The quantitative estimate of drug-likeness (QED) is 0.353. The van der Waals surface area contributed by atoms with Gasteiger partial charge in [0.05, 0.1) is 10.6 Å². The van der Waals surface area contributed by atoms with Crippen molar-refractivity contribution in [3.05, 3.63) is 105 Å². The number of hydrazone groups is 1. The van der Waals surface area contributed by atoms with Crippen molar-refractivity contribution in [2.45, 2.75) is 20.5 Å². The van der Waals surface area contributed by atoms with Crippen LogP contribution in [0.1, 0.15) is 34.0 Å². The summed E-state index contributed by atoms with van der Waals surface area (Å²) in [7, 11) is 0. The largest absolute Gasteiger partial charge is 0.489 e. The fourth-order valence-electron chi connectivity index (χ4n) is 2.64. The Bertz CT molecular complexity index is 1060. The Hall–Kier alpha value is -4.00. The number of hydrogen-bond donors (Lipinski definition) is 1. The molecule has 0 spiro atoms. The number of carbonyl (C=O) groups is 1. The van der Waals surface area contributed by atoms with Crippen molar-refractivity contribution < 1.29 is 14.5 Å². The van der Waals surface area contributed by atoms with Crippen molar-refractivity contribution in [1.29, 1.82) is 0 Å². The van der Waals surface area contributed by atoms with E-state index in [9.17, 15) is 14.9 Å². The molecule has 7 nitrogen and oxygen atoms in total. The monoisotopic (exact) mass is 403 g/mol. The van der Waals surface area contributed by atoms with Gasteiger partial charge in [-0.1, -0.05) is 29.8 Å². The molecule has 0 unspecified atom stereocenters. The number of aryl methyl sites for hydroxylation is 1. The number of ether oxygens (including phenoxy) is 1. The molecule has 0 aliphatic carbocycles. The molecule has 3 rings (SSSR count). The Morgan fingerprint density at radius 3 is 2.17 bits per heavy atom. The predicted molar refractivity (Wildman–Crippen MR) is 115 cm³/mol. The molecule has 0 atom stereocenters. The Morgan fingerprint density at radius 2 is 1.57 bits per heavy atom. The molecule has 3 aromatic rings. The molecule has 0 heterocycles. The van der Waals surface area contributed by atoms with Crippen LogP contribution in [0.3, 0.4) is 0 Å². The van der Waals surface area contributed by atoms with E-state index in [1.807, 2.05) is 43.3 Å². The van der Waals surface area contributed by atoms with Crippen LogP contribution in [0.15, 0.2) is 77.9 Å². The van der Waals surface area contributed by atoms with Crippen LogP contribution >= 0.6 is 0 Å². The van der Waals surface area contributed by atoms with Crippen molar-refractivity contribution in [3.8, 4) is 5.75 Å². The number of benzene rings is 3. The molecular weight excluding hydrogens is 382 g/mol. The van der Waals surface area contributed by atoms with E-state index in [0.29, 0.717) is 23.4 Å². The minimum Gasteiger partial charge on any atom is -0.489 e. The van der Waals surface area contributed by atoms with Gasteiger partial charge in [0.25, 0.3) is 11.6 Å². The van der Waals surface area contributed by atoms with E-state index in [2.05, 4.69) is 10.5 Å². The number of nitro benzene ring substituents is 1. The minimum atomic E-state index is -0.465.